The molecule has 0 aliphatic carbocycles. The van der Waals surface area contributed by atoms with Crippen molar-refractivity contribution in [2.24, 2.45) is 10.7 Å². The summed E-state index contributed by atoms with van der Waals surface area (Å²) in [6.07, 6.45) is 10.1. The van der Waals surface area contributed by atoms with Gasteiger partial charge in [0.25, 0.3) is 5.91 Å². The number of fused-ring (bicyclic) bond motifs is 1. The Kier molecular flexibility index (Phi) is 11.6. The number of amides is 3. The minimum Gasteiger partial charge on any atom is -0.507 e. The van der Waals surface area contributed by atoms with Gasteiger partial charge in [-0.05, 0) is 74.8 Å². The molecule has 2 aromatic rings. The number of aromatic hydroxyl groups is 1. The highest BCUT2D eigenvalue weighted by molar-refractivity contribution is 6.21. The van der Waals surface area contributed by atoms with Gasteiger partial charge in [0.2, 0.25) is 11.8 Å². The van der Waals surface area contributed by atoms with Gasteiger partial charge in [0.05, 0.1) is 35.8 Å². The molecule has 248 valence electrons. The number of phenols is 1. The number of nitrogens with two attached hydrogens (primary N) is 1. The van der Waals surface area contributed by atoms with E-state index in [0.29, 0.717) is 62.3 Å². The first-order valence-electron chi connectivity index (χ1n) is 16.4. The summed E-state index contributed by atoms with van der Waals surface area (Å²) in [6.45, 7) is 8.38. The minimum absolute atomic E-state index is 0.108. The minimum atomic E-state index is -0.609. The molecule has 5 rings (SSSR count). The Bertz CT molecular complexity index is 1590. The molecule has 0 unspecified atom stereocenters. The second kappa shape index (κ2) is 16.2. The zero-order chi connectivity index (χ0) is 33.2. The van der Waals surface area contributed by atoms with Gasteiger partial charge in [0.15, 0.2) is 0 Å². The molecule has 0 spiro atoms. The third kappa shape index (κ3) is 8.75. The van der Waals surface area contributed by atoms with Crippen molar-refractivity contribution in [2.75, 3.05) is 49.6 Å². The lowest BCUT2D eigenvalue weighted by Crippen LogP contribution is -2.39. The van der Waals surface area contributed by atoms with Crippen LogP contribution in [0.4, 0.5) is 17.1 Å². The maximum absolute atomic E-state index is 13.0. The van der Waals surface area contributed by atoms with Crippen LogP contribution in [0.2, 0.25) is 0 Å². The van der Waals surface area contributed by atoms with Crippen molar-refractivity contribution >= 4 is 40.6 Å². The van der Waals surface area contributed by atoms with Crippen LogP contribution in [0, 0.1) is 0 Å². The quantitative estimate of drug-likeness (QED) is 0.254. The molecule has 5 N–H and O–H groups in total. The van der Waals surface area contributed by atoms with Crippen LogP contribution in [0.5, 0.6) is 5.75 Å². The normalized spacial score (nSPS) is 17.9. The number of para-hydroxylation sites is 2. The Morgan fingerprint density at radius 2 is 1.87 bits per heavy atom. The average Bonchev–Trinajstić information content (AvgIpc) is 3.37. The van der Waals surface area contributed by atoms with Crippen molar-refractivity contribution < 1.29 is 24.2 Å². The molecular formula is C36H44N6O5. The smallest absolute Gasteiger partial charge is 0.252 e. The van der Waals surface area contributed by atoms with Crippen LogP contribution in [0.1, 0.15) is 49.7 Å². The molecule has 1 fully saturated rings. The SMILES string of the molecule is C=CC(=O)Nc1ccccc1N=C1NC(CCCc2ccc3c(c2O)CCCC(=O)N3CCCN2CCOCC2)=CCC=C1C(N)=O. The fourth-order valence-corrected chi connectivity index (χ4v) is 6.19. The number of rotatable bonds is 12. The van der Waals surface area contributed by atoms with Gasteiger partial charge in [-0.25, -0.2) is 4.99 Å². The molecule has 0 saturated carbocycles. The number of hydrogen-bond donors (Lipinski definition) is 4. The van der Waals surface area contributed by atoms with E-state index in [-0.39, 0.29) is 23.1 Å². The maximum Gasteiger partial charge on any atom is 0.252 e. The molecular weight excluding hydrogens is 596 g/mol. The number of phenolic OH excluding ortho intramolecular Hbond substituents is 1. The molecule has 0 aromatic heterocycles. The predicted molar refractivity (Wildman–Crippen MR) is 184 cm³/mol. The van der Waals surface area contributed by atoms with Crippen molar-refractivity contribution in [3.63, 3.8) is 0 Å². The lowest BCUT2D eigenvalue weighted by atomic mass is 9.98. The Labute approximate surface area is 275 Å². The Balaban J connectivity index is 1.25. The van der Waals surface area contributed by atoms with Gasteiger partial charge in [-0.15, -0.1) is 0 Å². The Hall–Kier alpha value is -4.74. The fourth-order valence-electron chi connectivity index (χ4n) is 6.19. The molecule has 0 radical (unpaired) electrons. The number of carbonyl (C=O) groups is 3. The lowest BCUT2D eigenvalue weighted by Gasteiger charge is -2.29. The second-order valence-corrected chi connectivity index (χ2v) is 11.9. The van der Waals surface area contributed by atoms with Crippen molar-refractivity contribution in [1.82, 2.24) is 10.2 Å². The van der Waals surface area contributed by atoms with E-state index in [0.717, 1.165) is 68.2 Å². The Morgan fingerprint density at radius 3 is 2.66 bits per heavy atom. The number of amidine groups is 1. The number of aliphatic imine (C=N–C) groups is 1. The number of nitrogens with zero attached hydrogens (tertiary/aromatic N) is 3. The third-order valence-electron chi connectivity index (χ3n) is 8.67. The van der Waals surface area contributed by atoms with Crippen LogP contribution in [0.3, 0.4) is 0 Å². The molecule has 3 aliphatic rings. The van der Waals surface area contributed by atoms with E-state index in [9.17, 15) is 19.5 Å². The number of hydrogen-bond acceptors (Lipinski definition) is 7. The van der Waals surface area contributed by atoms with Gasteiger partial charge in [0.1, 0.15) is 11.6 Å². The number of carbonyl (C=O) groups excluding carboxylic acids is 3. The number of morpholine rings is 1. The first kappa shape index (κ1) is 33.6. The van der Waals surface area contributed by atoms with E-state index in [1.54, 1.807) is 30.3 Å². The molecule has 11 nitrogen and oxygen atoms in total. The third-order valence-corrected chi connectivity index (χ3v) is 8.67. The first-order chi connectivity index (χ1) is 22.8. The second-order valence-electron chi connectivity index (χ2n) is 11.9. The van der Waals surface area contributed by atoms with Gasteiger partial charge < -0.3 is 31.1 Å². The van der Waals surface area contributed by atoms with Gasteiger partial charge in [0, 0.05) is 43.9 Å². The van der Waals surface area contributed by atoms with Crippen LogP contribution >= 0.6 is 0 Å². The van der Waals surface area contributed by atoms with Crippen LogP contribution in [0.15, 0.2) is 77.5 Å². The molecule has 1 saturated heterocycles. The summed E-state index contributed by atoms with van der Waals surface area (Å²) in [6, 6.07) is 10.9. The van der Waals surface area contributed by atoms with Crippen LogP contribution in [-0.2, 0) is 32.0 Å². The van der Waals surface area contributed by atoms with Gasteiger partial charge in [-0.1, -0.05) is 36.9 Å². The summed E-state index contributed by atoms with van der Waals surface area (Å²) >= 11 is 0. The topological polar surface area (TPSA) is 150 Å². The highest BCUT2D eigenvalue weighted by Gasteiger charge is 2.26. The molecule has 0 bridgehead atoms. The van der Waals surface area contributed by atoms with E-state index in [2.05, 4.69) is 27.1 Å². The average molecular weight is 641 g/mol. The van der Waals surface area contributed by atoms with E-state index in [1.807, 2.05) is 23.1 Å². The molecule has 11 heteroatoms. The van der Waals surface area contributed by atoms with E-state index >= 15 is 0 Å². The number of primary amides is 1. The molecule has 2 aromatic carbocycles. The van der Waals surface area contributed by atoms with Crippen molar-refractivity contribution in [3.05, 3.63) is 83.6 Å². The van der Waals surface area contributed by atoms with Crippen molar-refractivity contribution in [1.29, 1.82) is 0 Å². The number of ether oxygens (including phenoxy) is 1. The molecule has 3 heterocycles. The lowest BCUT2D eigenvalue weighted by molar-refractivity contribution is -0.118. The number of benzene rings is 2. The molecule has 47 heavy (non-hydrogen) atoms. The standard InChI is InChI=1S/C36H44N6O5/c1-2-32(43)39-29-14-3-4-15-30(29)40-36-28(35(37)46)13-6-11-26(38-36)10-5-9-25-17-18-31-27(34(25)45)12-7-16-33(44)42(31)20-8-19-41-21-23-47-24-22-41/h2-4,11,13-15,17-18,45H,1,5-10,12,16,19-24H2,(H2,37,46)(H,38,40)(H,39,43). The van der Waals surface area contributed by atoms with Crippen molar-refractivity contribution in [3.8, 4) is 5.75 Å². The molecule has 0 atom stereocenters. The first-order valence-corrected chi connectivity index (χ1v) is 16.4. The summed E-state index contributed by atoms with van der Waals surface area (Å²) in [5.41, 5.74) is 10.3. The zero-order valence-corrected chi connectivity index (χ0v) is 26.8. The zero-order valence-electron chi connectivity index (χ0n) is 26.8. The van der Waals surface area contributed by atoms with E-state index in [1.165, 1.54) is 6.08 Å². The monoisotopic (exact) mass is 640 g/mol. The summed E-state index contributed by atoms with van der Waals surface area (Å²) < 4.78 is 5.45. The summed E-state index contributed by atoms with van der Waals surface area (Å²) in [7, 11) is 0. The van der Waals surface area contributed by atoms with Crippen molar-refractivity contribution in [2.45, 2.75) is 51.4 Å². The predicted octanol–water partition coefficient (Wildman–Crippen LogP) is 4.25. The Morgan fingerprint density at radius 1 is 1.06 bits per heavy atom. The number of aryl methyl sites for hydroxylation is 1. The summed E-state index contributed by atoms with van der Waals surface area (Å²) in [4.78, 5) is 46.3. The number of anilines is 2. The van der Waals surface area contributed by atoms with Gasteiger partial charge in [-0.3, -0.25) is 19.3 Å². The highest BCUT2D eigenvalue weighted by Crippen LogP contribution is 2.37. The largest absolute Gasteiger partial charge is 0.507 e. The molecule has 3 aliphatic heterocycles. The van der Waals surface area contributed by atoms with E-state index < -0.39 is 5.91 Å². The number of allylic oxidation sites excluding steroid dienone is 3. The summed E-state index contributed by atoms with van der Waals surface area (Å²) in [5, 5.41) is 17.4. The van der Waals surface area contributed by atoms with Crippen LogP contribution in [-0.4, -0.2) is 73.0 Å². The van der Waals surface area contributed by atoms with Gasteiger partial charge >= 0.3 is 0 Å². The molecule has 3 amide bonds. The maximum atomic E-state index is 13.0. The van der Waals surface area contributed by atoms with Crippen LogP contribution < -0.4 is 21.3 Å². The number of nitrogens with one attached hydrogen (secondary N) is 2. The fraction of sp³-hybridized carbons (Fsp3) is 0.389. The van der Waals surface area contributed by atoms with E-state index in [4.69, 9.17) is 10.5 Å². The van der Waals surface area contributed by atoms with Crippen LogP contribution in [0.25, 0.3) is 0 Å². The van der Waals surface area contributed by atoms with Gasteiger partial charge in [-0.2, -0.15) is 0 Å². The summed E-state index contributed by atoms with van der Waals surface area (Å²) in [5.74, 6) is -0.302. The highest BCUT2D eigenvalue weighted by atomic mass is 16.5.